The van der Waals surface area contributed by atoms with Crippen molar-refractivity contribution in [3.8, 4) is 5.69 Å². The monoisotopic (exact) mass is 438 g/mol. The molecule has 5 nitrogen and oxygen atoms in total. The molecule has 4 rings (SSSR count). The van der Waals surface area contributed by atoms with E-state index in [1.54, 1.807) is 43.3 Å². The number of fused-ring (bicyclic) bond motifs is 1. The normalized spacial score (nSPS) is 11.6. The van der Waals surface area contributed by atoms with Gasteiger partial charge in [0.05, 0.1) is 10.5 Å². The summed E-state index contributed by atoms with van der Waals surface area (Å²) in [5.41, 5.74) is 2.51. The van der Waals surface area contributed by atoms with Gasteiger partial charge in [-0.05, 0) is 49.6 Å². The van der Waals surface area contributed by atoms with Crippen molar-refractivity contribution in [2.45, 2.75) is 18.7 Å². The number of halogens is 1. The first-order valence-corrected chi connectivity index (χ1v) is 11.1. The zero-order valence-corrected chi connectivity index (χ0v) is 18.0. The zero-order chi connectivity index (χ0) is 21.5. The van der Waals surface area contributed by atoms with Crippen molar-refractivity contribution >= 4 is 38.3 Å². The summed E-state index contributed by atoms with van der Waals surface area (Å²) in [6.07, 6.45) is 0. The van der Waals surface area contributed by atoms with E-state index >= 15 is 0 Å². The van der Waals surface area contributed by atoms with Gasteiger partial charge < -0.3 is 4.57 Å². The van der Waals surface area contributed by atoms with E-state index in [1.807, 2.05) is 41.8 Å². The first-order chi connectivity index (χ1) is 14.3. The second-order valence-electron chi connectivity index (χ2n) is 7.01. The SMILES string of the molecule is Cc1cc(C(=O)NS(=O)(=O)c2cccc3ccccc23)c(C)n1-c1cccc(Cl)c1. The van der Waals surface area contributed by atoms with Crippen molar-refractivity contribution in [3.63, 3.8) is 0 Å². The topological polar surface area (TPSA) is 68.2 Å². The minimum atomic E-state index is -4.06. The number of carbonyl (C=O) groups excluding carboxylic acids is 1. The molecule has 0 aliphatic rings. The van der Waals surface area contributed by atoms with E-state index in [1.165, 1.54) is 6.07 Å². The summed E-state index contributed by atoms with van der Waals surface area (Å²) in [6, 6.07) is 21.1. The van der Waals surface area contributed by atoms with E-state index in [2.05, 4.69) is 4.72 Å². The summed E-state index contributed by atoms with van der Waals surface area (Å²) in [4.78, 5) is 13.0. The molecular weight excluding hydrogens is 420 g/mol. The molecule has 1 amide bonds. The third-order valence-electron chi connectivity index (χ3n) is 5.01. The Bertz CT molecular complexity index is 1390. The summed E-state index contributed by atoms with van der Waals surface area (Å²) in [5, 5.41) is 1.92. The molecule has 0 aliphatic carbocycles. The van der Waals surface area contributed by atoms with Crippen molar-refractivity contribution in [2.24, 2.45) is 0 Å². The summed E-state index contributed by atoms with van der Waals surface area (Å²) < 4.78 is 30.1. The molecule has 30 heavy (non-hydrogen) atoms. The van der Waals surface area contributed by atoms with Crippen LogP contribution < -0.4 is 4.72 Å². The lowest BCUT2D eigenvalue weighted by atomic mass is 10.1. The van der Waals surface area contributed by atoms with Gasteiger partial charge in [-0.15, -0.1) is 0 Å². The van der Waals surface area contributed by atoms with Gasteiger partial charge in [0.25, 0.3) is 15.9 Å². The van der Waals surface area contributed by atoms with Gasteiger partial charge >= 0.3 is 0 Å². The van der Waals surface area contributed by atoms with Gasteiger partial charge in [0, 0.05) is 27.5 Å². The largest absolute Gasteiger partial charge is 0.318 e. The maximum Gasteiger partial charge on any atom is 0.266 e. The lowest BCUT2D eigenvalue weighted by molar-refractivity contribution is 0.0981. The molecule has 0 unspecified atom stereocenters. The fourth-order valence-electron chi connectivity index (χ4n) is 3.67. The van der Waals surface area contributed by atoms with Crippen LogP contribution in [0.1, 0.15) is 21.7 Å². The Balaban J connectivity index is 1.71. The molecule has 0 bridgehead atoms. The molecule has 0 fully saturated rings. The third-order valence-corrected chi connectivity index (χ3v) is 6.63. The van der Waals surface area contributed by atoms with Crippen LogP contribution in [0.4, 0.5) is 0 Å². The Morgan fingerprint density at radius 2 is 1.63 bits per heavy atom. The molecule has 3 aromatic carbocycles. The number of amides is 1. The quantitative estimate of drug-likeness (QED) is 0.486. The first kappa shape index (κ1) is 20.2. The van der Waals surface area contributed by atoms with Crippen LogP contribution in [-0.2, 0) is 10.0 Å². The van der Waals surface area contributed by atoms with Crippen LogP contribution in [0.25, 0.3) is 16.5 Å². The van der Waals surface area contributed by atoms with Gasteiger partial charge in [0.1, 0.15) is 0 Å². The van der Waals surface area contributed by atoms with Crippen LogP contribution >= 0.6 is 11.6 Å². The highest BCUT2D eigenvalue weighted by molar-refractivity contribution is 7.90. The number of nitrogens with zero attached hydrogens (tertiary/aromatic N) is 1. The Labute approximate surface area is 180 Å². The number of hydrogen-bond donors (Lipinski definition) is 1. The highest BCUT2D eigenvalue weighted by atomic mass is 35.5. The summed E-state index contributed by atoms with van der Waals surface area (Å²) >= 11 is 6.10. The lowest BCUT2D eigenvalue weighted by Crippen LogP contribution is -2.31. The second-order valence-corrected chi connectivity index (χ2v) is 9.10. The minimum absolute atomic E-state index is 0.0672. The van der Waals surface area contributed by atoms with E-state index in [0.29, 0.717) is 16.1 Å². The highest BCUT2D eigenvalue weighted by Gasteiger charge is 2.24. The van der Waals surface area contributed by atoms with Crippen molar-refractivity contribution in [1.29, 1.82) is 0 Å². The number of carbonyl (C=O) groups is 1. The van der Waals surface area contributed by atoms with E-state index < -0.39 is 15.9 Å². The number of aryl methyl sites for hydroxylation is 1. The molecule has 0 radical (unpaired) electrons. The lowest BCUT2D eigenvalue weighted by Gasteiger charge is -2.11. The second kappa shape index (κ2) is 7.63. The molecule has 7 heteroatoms. The van der Waals surface area contributed by atoms with Crippen molar-refractivity contribution in [1.82, 2.24) is 9.29 Å². The predicted octanol–water partition coefficient (Wildman–Crippen LogP) is 5.02. The Hall–Kier alpha value is -3.09. The first-order valence-electron chi connectivity index (χ1n) is 9.28. The molecule has 0 saturated heterocycles. The molecule has 152 valence electrons. The van der Waals surface area contributed by atoms with Gasteiger partial charge in [0.2, 0.25) is 0 Å². The van der Waals surface area contributed by atoms with E-state index in [9.17, 15) is 13.2 Å². The van der Waals surface area contributed by atoms with Gasteiger partial charge in [-0.2, -0.15) is 0 Å². The van der Waals surface area contributed by atoms with Gasteiger partial charge in [-0.1, -0.05) is 54.1 Å². The van der Waals surface area contributed by atoms with Crippen LogP contribution in [0.2, 0.25) is 5.02 Å². The van der Waals surface area contributed by atoms with Gasteiger partial charge in [-0.3, -0.25) is 4.79 Å². The van der Waals surface area contributed by atoms with Crippen molar-refractivity contribution in [2.75, 3.05) is 0 Å². The van der Waals surface area contributed by atoms with Crippen LogP contribution in [0.3, 0.4) is 0 Å². The van der Waals surface area contributed by atoms with Crippen molar-refractivity contribution < 1.29 is 13.2 Å². The summed E-state index contributed by atoms with van der Waals surface area (Å²) in [6.45, 7) is 3.62. The van der Waals surface area contributed by atoms with Crippen LogP contribution in [0.15, 0.2) is 77.7 Å². The summed E-state index contributed by atoms with van der Waals surface area (Å²) in [5.74, 6) is -0.677. The Kier molecular flexibility index (Phi) is 5.13. The zero-order valence-electron chi connectivity index (χ0n) is 16.4. The fraction of sp³-hybridized carbons (Fsp3) is 0.0870. The number of rotatable bonds is 4. The van der Waals surface area contributed by atoms with E-state index in [-0.39, 0.29) is 10.5 Å². The van der Waals surface area contributed by atoms with Gasteiger partial charge in [-0.25, -0.2) is 13.1 Å². The average Bonchev–Trinajstić information content (AvgIpc) is 3.01. The van der Waals surface area contributed by atoms with Crippen LogP contribution in [0.5, 0.6) is 0 Å². The number of nitrogens with one attached hydrogen (secondary N) is 1. The molecule has 1 aromatic heterocycles. The average molecular weight is 439 g/mol. The molecule has 0 spiro atoms. The van der Waals surface area contributed by atoms with E-state index in [0.717, 1.165) is 16.8 Å². The fourth-order valence-corrected chi connectivity index (χ4v) is 5.05. The smallest absolute Gasteiger partial charge is 0.266 e. The number of aromatic nitrogens is 1. The summed E-state index contributed by atoms with van der Waals surface area (Å²) in [7, 11) is -4.06. The molecule has 0 aliphatic heterocycles. The standard InChI is InChI=1S/C23H19ClN2O3S/c1-15-13-21(16(2)26(15)19-10-6-9-18(24)14-19)23(27)25-30(28,29)22-12-5-8-17-7-3-4-11-20(17)22/h3-14H,1-2H3,(H,25,27). The Morgan fingerprint density at radius 1 is 0.933 bits per heavy atom. The number of sulfonamides is 1. The molecular formula is C23H19ClN2O3S. The maximum atomic E-state index is 13.0. The Morgan fingerprint density at radius 3 is 2.40 bits per heavy atom. The molecule has 1 N–H and O–H groups in total. The van der Waals surface area contributed by atoms with Crippen LogP contribution in [-0.4, -0.2) is 18.9 Å². The van der Waals surface area contributed by atoms with E-state index in [4.69, 9.17) is 11.6 Å². The highest BCUT2D eigenvalue weighted by Crippen LogP contribution is 2.25. The van der Waals surface area contributed by atoms with Gasteiger partial charge in [0.15, 0.2) is 0 Å². The predicted molar refractivity (Wildman–Crippen MR) is 119 cm³/mol. The van der Waals surface area contributed by atoms with Crippen molar-refractivity contribution in [3.05, 3.63) is 94.8 Å². The molecule has 4 aromatic rings. The number of benzene rings is 3. The van der Waals surface area contributed by atoms with Crippen LogP contribution in [0, 0.1) is 13.8 Å². The minimum Gasteiger partial charge on any atom is -0.318 e. The third kappa shape index (κ3) is 3.60. The maximum absolute atomic E-state index is 13.0. The number of hydrogen-bond acceptors (Lipinski definition) is 3. The molecule has 0 saturated carbocycles. The molecule has 0 atom stereocenters. The molecule has 1 heterocycles.